The molecular formula is C7H14N2. The molecule has 0 heterocycles. The first-order chi connectivity index (χ1) is 4.29. The standard InChI is InChI=1S/C7H14N2/c8-6-4-1-2-5(3-4)7(6)9/h4-7H,1-3,8-9H2/t4-,5-,6-,7-/m0/s1. The molecule has 0 aromatic carbocycles. The van der Waals surface area contributed by atoms with E-state index in [4.69, 9.17) is 11.5 Å². The average Bonchev–Trinajstić information content (AvgIpc) is 2.37. The van der Waals surface area contributed by atoms with Gasteiger partial charge < -0.3 is 11.5 Å². The van der Waals surface area contributed by atoms with Crippen LogP contribution in [0.3, 0.4) is 0 Å². The minimum Gasteiger partial charge on any atom is -0.326 e. The fraction of sp³-hybridized carbons (Fsp3) is 1.00. The summed E-state index contributed by atoms with van der Waals surface area (Å²) >= 11 is 0. The molecule has 2 heteroatoms. The van der Waals surface area contributed by atoms with Crippen molar-refractivity contribution in [1.82, 2.24) is 0 Å². The van der Waals surface area contributed by atoms with Crippen LogP contribution in [0.2, 0.25) is 0 Å². The third kappa shape index (κ3) is 0.634. The van der Waals surface area contributed by atoms with E-state index in [1.807, 2.05) is 0 Å². The van der Waals surface area contributed by atoms with E-state index in [-0.39, 0.29) is 0 Å². The Hall–Kier alpha value is -0.0800. The normalized spacial score (nSPS) is 56.7. The molecule has 2 nitrogen and oxygen atoms in total. The fourth-order valence-corrected chi connectivity index (χ4v) is 2.38. The van der Waals surface area contributed by atoms with Crippen LogP contribution in [0.4, 0.5) is 0 Å². The minimum atomic E-state index is 0.323. The molecule has 4 N–H and O–H groups in total. The van der Waals surface area contributed by atoms with Gasteiger partial charge in [0, 0.05) is 12.1 Å². The van der Waals surface area contributed by atoms with Gasteiger partial charge in [0.05, 0.1) is 0 Å². The first-order valence-electron chi connectivity index (χ1n) is 3.80. The van der Waals surface area contributed by atoms with Crippen LogP contribution in [-0.4, -0.2) is 12.1 Å². The average molecular weight is 126 g/mol. The molecule has 4 atom stereocenters. The molecule has 2 rings (SSSR count). The topological polar surface area (TPSA) is 52.0 Å². The highest BCUT2D eigenvalue weighted by Gasteiger charge is 2.43. The number of hydrogen-bond donors (Lipinski definition) is 2. The van der Waals surface area contributed by atoms with Gasteiger partial charge in [0.2, 0.25) is 0 Å². The van der Waals surface area contributed by atoms with Crippen LogP contribution < -0.4 is 11.5 Å². The van der Waals surface area contributed by atoms with Gasteiger partial charge in [-0.05, 0) is 31.1 Å². The molecule has 0 aromatic heterocycles. The Morgan fingerprint density at radius 3 is 1.56 bits per heavy atom. The molecule has 0 radical (unpaired) electrons. The van der Waals surface area contributed by atoms with Gasteiger partial charge in [-0.15, -0.1) is 0 Å². The molecule has 0 unspecified atom stereocenters. The molecular weight excluding hydrogens is 112 g/mol. The second-order valence-corrected chi connectivity index (χ2v) is 3.49. The Bertz CT molecular complexity index is 106. The van der Waals surface area contributed by atoms with Crippen molar-refractivity contribution in [3.8, 4) is 0 Å². The second-order valence-electron chi connectivity index (χ2n) is 3.49. The van der Waals surface area contributed by atoms with E-state index in [1.54, 1.807) is 0 Å². The second kappa shape index (κ2) is 1.70. The van der Waals surface area contributed by atoms with E-state index in [1.165, 1.54) is 19.3 Å². The van der Waals surface area contributed by atoms with E-state index < -0.39 is 0 Å². The summed E-state index contributed by atoms with van der Waals surface area (Å²) < 4.78 is 0. The Morgan fingerprint density at radius 1 is 0.889 bits per heavy atom. The summed E-state index contributed by atoms with van der Waals surface area (Å²) in [7, 11) is 0. The molecule has 52 valence electrons. The number of fused-ring (bicyclic) bond motifs is 2. The van der Waals surface area contributed by atoms with Crippen molar-refractivity contribution >= 4 is 0 Å². The maximum absolute atomic E-state index is 5.84. The van der Waals surface area contributed by atoms with Gasteiger partial charge >= 0.3 is 0 Å². The zero-order valence-corrected chi connectivity index (χ0v) is 5.59. The lowest BCUT2D eigenvalue weighted by atomic mass is 9.92. The van der Waals surface area contributed by atoms with Crippen LogP contribution in [0.25, 0.3) is 0 Å². The van der Waals surface area contributed by atoms with Crippen LogP contribution in [0.5, 0.6) is 0 Å². The minimum absolute atomic E-state index is 0.323. The molecule has 0 spiro atoms. The monoisotopic (exact) mass is 126 g/mol. The first kappa shape index (κ1) is 5.69. The van der Waals surface area contributed by atoms with E-state index in [0.717, 1.165) is 11.8 Å². The van der Waals surface area contributed by atoms with Crippen LogP contribution in [0, 0.1) is 11.8 Å². The van der Waals surface area contributed by atoms with E-state index in [9.17, 15) is 0 Å². The Balaban J connectivity index is 2.15. The van der Waals surface area contributed by atoms with Gasteiger partial charge in [-0.1, -0.05) is 0 Å². The van der Waals surface area contributed by atoms with Gasteiger partial charge in [0.1, 0.15) is 0 Å². The summed E-state index contributed by atoms with van der Waals surface area (Å²) in [6.45, 7) is 0. The van der Waals surface area contributed by atoms with Gasteiger partial charge in [-0.3, -0.25) is 0 Å². The molecule has 2 fully saturated rings. The Labute approximate surface area is 55.6 Å². The summed E-state index contributed by atoms with van der Waals surface area (Å²) in [5, 5.41) is 0. The number of rotatable bonds is 0. The van der Waals surface area contributed by atoms with Gasteiger partial charge in [0.15, 0.2) is 0 Å². The quantitative estimate of drug-likeness (QED) is 0.482. The lowest BCUT2D eigenvalue weighted by Crippen LogP contribution is -2.45. The van der Waals surface area contributed by atoms with E-state index >= 15 is 0 Å². The van der Waals surface area contributed by atoms with Crippen molar-refractivity contribution < 1.29 is 0 Å². The summed E-state index contributed by atoms with van der Waals surface area (Å²) in [4.78, 5) is 0. The highest BCUT2D eigenvalue weighted by atomic mass is 14.8. The third-order valence-corrected chi connectivity index (χ3v) is 3.05. The smallest absolute Gasteiger partial charge is 0.0223 e. The number of hydrogen-bond acceptors (Lipinski definition) is 2. The predicted molar refractivity (Wildman–Crippen MR) is 36.8 cm³/mol. The summed E-state index contributed by atoms with van der Waals surface area (Å²) in [6.07, 6.45) is 3.97. The predicted octanol–water partition coefficient (Wildman–Crippen LogP) is 0.0709. The highest BCUT2D eigenvalue weighted by Crippen LogP contribution is 2.42. The van der Waals surface area contributed by atoms with Crippen molar-refractivity contribution in [2.45, 2.75) is 31.3 Å². The number of nitrogens with two attached hydrogens (primary N) is 2. The van der Waals surface area contributed by atoms with Gasteiger partial charge in [-0.2, -0.15) is 0 Å². The molecule has 2 saturated carbocycles. The third-order valence-electron chi connectivity index (χ3n) is 3.05. The molecule has 9 heavy (non-hydrogen) atoms. The van der Waals surface area contributed by atoms with E-state index in [2.05, 4.69) is 0 Å². The van der Waals surface area contributed by atoms with Gasteiger partial charge in [-0.25, -0.2) is 0 Å². The highest BCUT2D eigenvalue weighted by molar-refractivity contribution is 5.01. The fourth-order valence-electron chi connectivity index (χ4n) is 2.38. The Kier molecular flexibility index (Phi) is 1.08. The first-order valence-corrected chi connectivity index (χ1v) is 3.80. The Morgan fingerprint density at radius 2 is 1.33 bits per heavy atom. The zero-order valence-electron chi connectivity index (χ0n) is 5.59. The molecule has 2 bridgehead atoms. The van der Waals surface area contributed by atoms with Gasteiger partial charge in [0.25, 0.3) is 0 Å². The largest absolute Gasteiger partial charge is 0.326 e. The lowest BCUT2D eigenvalue weighted by molar-refractivity contribution is 0.365. The van der Waals surface area contributed by atoms with Crippen LogP contribution >= 0.6 is 0 Å². The van der Waals surface area contributed by atoms with Crippen molar-refractivity contribution in [1.29, 1.82) is 0 Å². The van der Waals surface area contributed by atoms with Crippen molar-refractivity contribution in [3.63, 3.8) is 0 Å². The summed E-state index contributed by atoms with van der Waals surface area (Å²) in [5.41, 5.74) is 11.7. The van der Waals surface area contributed by atoms with Crippen LogP contribution in [-0.2, 0) is 0 Å². The van der Waals surface area contributed by atoms with Crippen molar-refractivity contribution in [2.75, 3.05) is 0 Å². The van der Waals surface area contributed by atoms with Crippen LogP contribution in [0.1, 0.15) is 19.3 Å². The van der Waals surface area contributed by atoms with Crippen LogP contribution in [0.15, 0.2) is 0 Å². The maximum atomic E-state index is 5.84. The van der Waals surface area contributed by atoms with Crippen molar-refractivity contribution in [3.05, 3.63) is 0 Å². The zero-order chi connectivity index (χ0) is 6.43. The molecule has 0 aromatic rings. The van der Waals surface area contributed by atoms with E-state index in [0.29, 0.717) is 12.1 Å². The van der Waals surface area contributed by atoms with Crippen molar-refractivity contribution in [2.24, 2.45) is 23.3 Å². The molecule has 2 aliphatic carbocycles. The molecule has 2 aliphatic rings. The SMILES string of the molecule is N[C@H]1[C@H]2CC[C@@H](C2)[C@@H]1N. The summed E-state index contributed by atoms with van der Waals surface area (Å²) in [5.74, 6) is 1.54. The maximum Gasteiger partial charge on any atom is 0.0223 e. The molecule has 0 amide bonds. The molecule has 0 aliphatic heterocycles. The lowest BCUT2D eigenvalue weighted by Gasteiger charge is -2.23. The summed E-state index contributed by atoms with van der Waals surface area (Å²) in [6, 6.07) is 0.646. The molecule has 0 saturated heterocycles.